The van der Waals surface area contributed by atoms with E-state index in [0.29, 0.717) is 17.7 Å². The van der Waals surface area contributed by atoms with Gasteiger partial charge in [0.2, 0.25) is 0 Å². The van der Waals surface area contributed by atoms with E-state index in [1.165, 1.54) is 18.2 Å². The number of amides is 1. The maximum atomic E-state index is 12.2. The van der Waals surface area contributed by atoms with Gasteiger partial charge in [-0.1, -0.05) is 0 Å². The molecule has 1 amide bonds. The van der Waals surface area contributed by atoms with Crippen LogP contribution in [0.2, 0.25) is 0 Å². The summed E-state index contributed by atoms with van der Waals surface area (Å²) in [5.74, 6) is -0.344. The van der Waals surface area contributed by atoms with Crippen LogP contribution >= 0.6 is 15.9 Å². The highest BCUT2D eigenvalue weighted by Gasteiger charge is 2.32. The number of halogens is 1. The molecule has 1 N–H and O–H groups in total. The fraction of sp³-hybridized carbons (Fsp3) is 0.417. The molecule has 1 unspecified atom stereocenters. The highest BCUT2D eigenvalue weighted by Crippen LogP contribution is 2.24. The molecule has 0 aliphatic carbocycles. The third kappa shape index (κ3) is 3.10. The second kappa shape index (κ2) is 5.26. The number of nitrogens with one attached hydrogen (secondary N) is 1. The smallest absolute Gasteiger partial charge is 0.270 e. The van der Waals surface area contributed by atoms with Gasteiger partial charge in [0.05, 0.1) is 22.6 Å². The molecule has 0 radical (unpaired) electrons. The standard InChI is InChI=1S/C12H13BrN2O4/c1-12(4-5-19-7-12)14-11(16)9-6-8(15(17)18)2-3-10(9)13/h2-3,6H,4-5,7H2,1H3,(H,14,16). The number of rotatable bonds is 3. The number of carbonyl (C=O) groups is 1. The maximum Gasteiger partial charge on any atom is 0.270 e. The first-order chi connectivity index (χ1) is 8.91. The number of carbonyl (C=O) groups excluding carboxylic acids is 1. The number of hydrogen-bond acceptors (Lipinski definition) is 4. The molecule has 2 rings (SSSR count). The van der Waals surface area contributed by atoms with Crippen molar-refractivity contribution in [1.82, 2.24) is 5.32 Å². The van der Waals surface area contributed by atoms with Gasteiger partial charge < -0.3 is 10.1 Å². The summed E-state index contributed by atoms with van der Waals surface area (Å²) in [6.07, 6.45) is 0.727. The second-order valence-corrected chi connectivity index (χ2v) is 5.59. The van der Waals surface area contributed by atoms with Crippen molar-refractivity contribution in [3.63, 3.8) is 0 Å². The lowest BCUT2D eigenvalue weighted by atomic mass is 10.0. The van der Waals surface area contributed by atoms with Crippen LogP contribution in [-0.4, -0.2) is 29.6 Å². The minimum atomic E-state index is -0.524. The van der Waals surface area contributed by atoms with Gasteiger partial charge in [0.15, 0.2) is 0 Å². The minimum Gasteiger partial charge on any atom is -0.379 e. The van der Waals surface area contributed by atoms with Gasteiger partial charge in [-0.3, -0.25) is 14.9 Å². The van der Waals surface area contributed by atoms with Gasteiger partial charge in [-0.15, -0.1) is 0 Å². The molecule has 1 aromatic rings. The van der Waals surface area contributed by atoms with Crippen LogP contribution < -0.4 is 5.32 Å². The van der Waals surface area contributed by atoms with Crippen molar-refractivity contribution in [2.75, 3.05) is 13.2 Å². The van der Waals surface area contributed by atoms with Crippen molar-refractivity contribution >= 4 is 27.5 Å². The summed E-state index contributed by atoms with van der Waals surface area (Å²) in [6.45, 7) is 2.95. The van der Waals surface area contributed by atoms with Gasteiger partial charge in [-0.25, -0.2) is 0 Å². The third-order valence-electron chi connectivity index (χ3n) is 3.04. The molecule has 7 heteroatoms. The lowest BCUT2D eigenvalue weighted by molar-refractivity contribution is -0.384. The highest BCUT2D eigenvalue weighted by atomic mass is 79.9. The fourth-order valence-corrected chi connectivity index (χ4v) is 2.33. The van der Waals surface area contributed by atoms with Gasteiger partial charge in [0.25, 0.3) is 11.6 Å². The molecule has 0 spiro atoms. The number of hydrogen-bond donors (Lipinski definition) is 1. The van der Waals surface area contributed by atoms with Gasteiger partial charge in [0.1, 0.15) is 0 Å². The van der Waals surface area contributed by atoms with E-state index >= 15 is 0 Å². The van der Waals surface area contributed by atoms with Crippen molar-refractivity contribution in [3.8, 4) is 0 Å². The quantitative estimate of drug-likeness (QED) is 0.681. The summed E-state index contributed by atoms with van der Waals surface area (Å²) in [7, 11) is 0. The molecule has 0 bridgehead atoms. The van der Waals surface area contributed by atoms with Crippen molar-refractivity contribution in [2.45, 2.75) is 18.9 Å². The summed E-state index contributed by atoms with van der Waals surface area (Å²) < 4.78 is 5.78. The van der Waals surface area contributed by atoms with Gasteiger partial charge in [0, 0.05) is 23.2 Å². The predicted octanol–water partition coefficient (Wildman–Crippen LogP) is 2.27. The number of nitro groups is 1. The summed E-state index contributed by atoms with van der Waals surface area (Å²) in [6, 6.07) is 4.11. The van der Waals surface area contributed by atoms with E-state index in [2.05, 4.69) is 21.2 Å². The molecule has 0 saturated carbocycles. The zero-order valence-corrected chi connectivity index (χ0v) is 11.9. The van der Waals surface area contributed by atoms with E-state index in [-0.39, 0.29) is 17.2 Å². The highest BCUT2D eigenvalue weighted by molar-refractivity contribution is 9.10. The van der Waals surface area contributed by atoms with Crippen LogP contribution in [0, 0.1) is 10.1 Å². The van der Waals surface area contributed by atoms with Crippen molar-refractivity contribution in [2.24, 2.45) is 0 Å². The van der Waals surface area contributed by atoms with E-state index in [9.17, 15) is 14.9 Å². The molecule has 0 aromatic heterocycles. The Morgan fingerprint density at radius 3 is 2.89 bits per heavy atom. The number of nitrogens with zero attached hydrogens (tertiary/aromatic N) is 1. The average molecular weight is 329 g/mol. The molecule has 1 saturated heterocycles. The van der Waals surface area contributed by atoms with Crippen LogP contribution in [0.5, 0.6) is 0 Å². The molecule has 102 valence electrons. The molecule has 1 heterocycles. The number of non-ortho nitro benzene ring substituents is 1. The molecular weight excluding hydrogens is 316 g/mol. The summed E-state index contributed by atoms with van der Waals surface area (Å²) >= 11 is 3.23. The Hall–Kier alpha value is -1.47. The molecule has 1 aromatic carbocycles. The number of benzene rings is 1. The van der Waals surface area contributed by atoms with Crippen molar-refractivity contribution in [1.29, 1.82) is 0 Å². The summed E-state index contributed by atoms with van der Waals surface area (Å²) in [5, 5.41) is 13.6. The Morgan fingerprint density at radius 1 is 1.58 bits per heavy atom. The summed E-state index contributed by atoms with van der Waals surface area (Å²) in [4.78, 5) is 22.4. The van der Waals surface area contributed by atoms with Crippen molar-refractivity contribution < 1.29 is 14.5 Å². The van der Waals surface area contributed by atoms with E-state index in [1.807, 2.05) is 6.92 Å². The van der Waals surface area contributed by atoms with E-state index in [1.54, 1.807) is 0 Å². The molecule has 6 nitrogen and oxygen atoms in total. The van der Waals surface area contributed by atoms with Gasteiger partial charge in [-0.05, 0) is 35.3 Å². The Morgan fingerprint density at radius 2 is 2.32 bits per heavy atom. The maximum absolute atomic E-state index is 12.2. The van der Waals surface area contributed by atoms with Crippen LogP contribution in [0.25, 0.3) is 0 Å². The SMILES string of the molecule is CC1(NC(=O)c2cc([N+](=O)[O-])ccc2Br)CCOC1. The van der Waals surface area contributed by atoms with Crippen LogP contribution in [0.3, 0.4) is 0 Å². The fourth-order valence-electron chi connectivity index (χ4n) is 1.91. The first kappa shape index (κ1) is 14.0. The molecule has 1 aliphatic rings. The van der Waals surface area contributed by atoms with Gasteiger partial charge in [-0.2, -0.15) is 0 Å². The number of ether oxygens (including phenoxy) is 1. The minimum absolute atomic E-state index is 0.110. The number of nitro benzene ring substituents is 1. The van der Waals surface area contributed by atoms with Crippen LogP contribution in [0.4, 0.5) is 5.69 Å². The van der Waals surface area contributed by atoms with E-state index < -0.39 is 10.5 Å². The topological polar surface area (TPSA) is 81.5 Å². The van der Waals surface area contributed by atoms with Crippen LogP contribution in [0.1, 0.15) is 23.7 Å². The Labute approximate surface area is 118 Å². The average Bonchev–Trinajstić information content (AvgIpc) is 2.75. The second-order valence-electron chi connectivity index (χ2n) is 4.74. The normalized spacial score (nSPS) is 22.2. The Bertz CT molecular complexity index is 526. The first-order valence-corrected chi connectivity index (χ1v) is 6.55. The molecular formula is C12H13BrN2O4. The molecule has 1 atom stereocenters. The lowest BCUT2D eigenvalue weighted by Crippen LogP contribution is -2.46. The van der Waals surface area contributed by atoms with Crippen molar-refractivity contribution in [3.05, 3.63) is 38.3 Å². The zero-order valence-electron chi connectivity index (χ0n) is 10.3. The lowest BCUT2D eigenvalue weighted by Gasteiger charge is -2.23. The molecule has 1 aliphatic heterocycles. The van der Waals surface area contributed by atoms with Gasteiger partial charge >= 0.3 is 0 Å². The Balaban J connectivity index is 2.23. The zero-order chi connectivity index (χ0) is 14.0. The monoisotopic (exact) mass is 328 g/mol. The molecule has 19 heavy (non-hydrogen) atoms. The first-order valence-electron chi connectivity index (χ1n) is 5.75. The largest absolute Gasteiger partial charge is 0.379 e. The molecule has 1 fully saturated rings. The van der Waals surface area contributed by atoms with Crippen LogP contribution in [-0.2, 0) is 4.74 Å². The summed E-state index contributed by atoms with van der Waals surface area (Å²) in [5.41, 5.74) is -0.273. The predicted molar refractivity (Wildman–Crippen MR) is 72.1 cm³/mol. The Kier molecular flexibility index (Phi) is 3.86. The van der Waals surface area contributed by atoms with Crippen LogP contribution in [0.15, 0.2) is 22.7 Å². The third-order valence-corrected chi connectivity index (χ3v) is 3.73. The van der Waals surface area contributed by atoms with E-state index in [4.69, 9.17) is 4.74 Å². The van der Waals surface area contributed by atoms with E-state index in [0.717, 1.165) is 6.42 Å².